The monoisotopic (exact) mass is 491 g/mol. The first kappa shape index (κ1) is 26.0. The number of carboxylic acids is 2. The van der Waals surface area contributed by atoms with Crippen molar-refractivity contribution in [2.45, 2.75) is 37.0 Å². The topological polar surface area (TPSA) is 170 Å². The number of carboxylic acid groups (broad SMARTS) is 2. The van der Waals surface area contributed by atoms with Crippen LogP contribution in [0.2, 0.25) is 0 Å². The number of phenolic OH excluding ortho intramolecular Hbond substituents is 1. The molecule has 0 aromatic heterocycles. The third-order valence-corrected chi connectivity index (χ3v) is 6.09. The summed E-state index contributed by atoms with van der Waals surface area (Å²) in [6.07, 6.45) is -4.53. The van der Waals surface area contributed by atoms with Crippen LogP contribution in [0.3, 0.4) is 0 Å². The number of amides is 2. The minimum absolute atomic E-state index is 0.0228. The van der Waals surface area contributed by atoms with Crippen molar-refractivity contribution in [2.75, 3.05) is 5.75 Å². The number of halogens is 3. The first-order valence-electron chi connectivity index (χ1n) is 9.34. The van der Waals surface area contributed by atoms with Crippen LogP contribution in [0, 0.1) is 0 Å². The third kappa shape index (κ3) is 5.76. The van der Waals surface area contributed by atoms with Crippen molar-refractivity contribution in [1.82, 2.24) is 10.2 Å². The Hall–Kier alpha value is -3.26. The van der Waals surface area contributed by atoms with Gasteiger partial charge in [0, 0.05) is 5.75 Å². The fraction of sp³-hybridized carbons (Fsp3) is 0.368. The summed E-state index contributed by atoms with van der Waals surface area (Å²) in [5.74, 6) is -4.31. The molecule has 1 saturated heterocycles. The number of nitrogens with two attached hydrogens (primary N) is 1. The van der Waals surface area contributed by atoms with Crippen molar-refractivity contribution in [2.24, 2.45) is 5.73 Å². The van der Waals surface area contributed by atoms with Gasteiger partial charge < -0.3 is 26.4 Å². The SMILES string of the molecule is CCC1=C(C(=O)O)N2C(=O)[C@@H](NC(=O)[C@H](N)c3ccc(O)cc3)[C@H]2SC1.O=C(O)C(F)(F)F. The minimum Gasteiger partial charge on any atom is -0.508 e. The minimum atomic E-state index is -5.08. The molecule has 2 aliphatic rings. The maximum Gasteiger partial charge on any atom is 0.490 e. The molecule has 0 spiro atoms. The van der Waals surface area contributed by atoms with Crippen LogP contribution in [-0.2, 0) is 19.2 Å². The number of phenols is 1. The molecule has 2 aliphatic heterocycles. The molecule has 0 radical (unpaired) electrons. The van der Waals surface area contributed by atoms with Crippen LogP contribution in [0.5, 0.6) is 5.75 Å². The summed E-state index contributed by atoms with van der Waals surface area (Å²) in [6.45, 7) is 1.85. The number of rotatable bonds is 5. The molecule has 1 aromatic rings. The molecule has 0 aliphatic carbocycles. The van der Waals surface area contributed by atoms with E-state index in [-0.39, 0.29) is 11.4 Å². The molecule has 10 nitrogen and oxygen atoms in total. The molecule has 1 fully saturated rings. The molecule has 2 heterocycles. The lowest BCUT2D eigenvalue weighted by molar-refractivity contribution is -0.192. The molecule has 3 rings (SSSR count). The summed E-state index contributed by atoms with van der Waals surface area (Å²) < 4.78 is 31.7. The Kier molecular flexibility index (Phi) is 7.97. The van der Waals surface area contributed by atoms with E-state index in [1.54, 1.807) is 0 Å². The summed E-state index contributed by atoms with van der Waals surface area (Å²) in [6, 6.07) is 4.11. The number of carbonyl (C=O) groups is 4. The number of hydrogen-bond acceptors (Lipinski definition) is 7. The number of fused-ring (bicyclic) bond motifs is 1. The van der Waals surface area contributed by atoms with Crippen molar-refractivity contribution in [1.29, 1.82) is 0 Å². The molecule has 0 bridgehead atoms. The number of aliphatic carboxylic acids is 2. The normalized spacial score (nSPS) is 20.6. The number of nitrogens with zero attached hydrogens (tertiary/aromatic N) is 1. The molecule has 0 saturated carbocycles. The highest BCUT2D eigenvalue weighted by molar-refractivity contribution is 8.00. The van der Waals surface area contributed by atoms with Crippen LogP contribution in [-0.4, -0.2) is 67.3 Å². The van der Waals surface area contributed by atoms with Gasteiger partial charge in [-0.15, -0.1) is 11.8 Å². The van der Waals surface area contributed by atoms with E-state index < -0.39 is 47.4 Å². The van der Waals surface area contributed by atoms with Crippen molar-refractivity contribution in [3.05, 3.63) is 41.1 Å². The lowest BCUT2D eigenvalue weighted by Gasteiger charge is -2.49. The second-order valence-electron chi connectivity index (χ2n) is 6.88. The standard InChI is InChI=1S/C17H19N3O5S.C2HF3O2/c1-2-8-7-26-16-12(15(23)20(16)13(8)17(24)25)19-14(22)11(18)9-3-5-10(21)6-4-9;3-2(4,5)1(6)7/h3-6,11-12,16,21H,2,7,18H2,1H3,(H,19,22)(H,24,25);(H,6,7)/t11-,12-,16-;/m1./s1. The van der Waals surface area contributed by atoms with E-state index in [0.717, 1.165) is 0 Å². The molecular formula is C19H20F3N3O7S. The number of aromatic hydroxyl groups is 1. The summed E-state index contributed by atoms with van der Waals surface area (Å²) in [4.78, 5) is 46.5. The Labute approximate surface area is 189 Å². The molecule has 1 aromatic carbocycles. The number of carbonyl (C=O) groups excluding carboxylic acids is 2. The molecule has 6 N–H and O–H groups in total. The van der Waals surface area contributed by atoms with E-state index >= 15 is 0 Å². The van der Waals surface area contributed by atoms with Gasteiger partial charge in [-0.25, -0.2) is 9.59 Å². The van der Waals surface area contributed by atoms with Gasteiger partial charge in [-0.1, -0.05) is 19.1 Å². The number of nitrogens with one attached hydrogen (secondary N) is 1. The summed E-state index contributed by atoms with van der Waals surface area (Å²) >= 11 is 1.43. The van der Waals surface area contributed by atoms with Crippen LogP contribution >= 0.6 is 11.8 Å². The van der Waals surface area contributed by atoms with Gasteiger partial charge in [-0.2, -0.15) is 13.2 Å². The van der Waals surface area contributed by atoms with Crippen molar-refractivity contribution < 1.29 is 47.7 Å². The van der Waals surface area contributed by atoms with Crippen molar-refractivity contribution in [3.8, 4) is 5.75 Å². The maximum absolute atomic E-state index is 12.4. The molecule has 3 atom stereocenters. The van der Waals surface area contributed by atoms with Crippen LogP contribution < -0.4 is 11.1 Å². The van der Waals surface area contributed by atoms with E-state index in [4.69, 9.17) is 15.6 Å². The number of β-lactam (4-membered cyclic amide) rings is 1. The Balaban J connectivity index is 0.000000479. The number of alkyl halides is 3. The summed E-state index contributed by atoms with van der Waals surface area (Å²) in [5.41, 5.74) is 7.15. The van der Waals surface area contributed by atoms with E-state index in [1.165, 1.54) is 40.9 Å². The van der Waals surface area contributed by atoms with Crippen LogP contribution in [0.25, 0.3) is 0 Å². The second kappa shape index (κ2) is 10.1. The first-order chi connectivity index (χ1) is 15.3. The Morgan fingerprint density at radius 2 is 1.79 bits per heavy atom. The van der Waals surface area contributed by atoms with Crippen molar-refractivity contribution >= 4 is 35.5 Å². The molecule has 0 unspecified atom stereocenters. The van der Waals surface area contributed by atoms with Crippen LogP contribution in [0.15, 0.2) is 35.5 Å². The molecular weight excluding hydrogens is 471 g/mol. The Bertz CT molecular complexity index is 982. The van der Waals surface area contributed by atoms with Gasteiger partial charge in [0.1, 0.15) is 28.9 Å². The Morgan fingerprint density at radius 1 is 1.24 bits per heavy atom. The van der Waals surface area contributed by atoms with Crippen LogP contribution in [0.4, 0.5) is 13.2 Å². The van der Waals surface area contributed by atoms with Crippen LogP contribution in [0.1, 0.15) is 24.9 Å². The van der Waals surface area contributed by atoms with Gasteiger partial charge in [0.25, 0.3) is 5.91 Å². The number of benzene rings is 1. The molecule has 2 amide bonds. The summed E-state index contributed by atoms with van der Waals surface area (Å²) in [7, 11) is 0. The zero-order valence-corrected chi connectivity index (χ0v) is 17.8. The highest BCUT2D eigenvalue weighted by Gasteiger charge is 2.54. The molecule has 14 heteroatoms. The largest absolute Gasteiger partial charge is 0.508 e. The van der Waals surface area contributed by atoms with E-state index in [2.05, 4.69) is 5.32 Å². The highest BCUT2D eigenvalue weighted by atomic mass is 32.2. The third-order valence-electron chi connectivity index (χ3n) is 4.75. The molecule has 180 valence electrons. The van der Waals surface area contributed by atoms with Gasteiger partial charge in [0.2, 0.25) is 5.91 Å². The fourth-order valence-electron chi connectivity index (χ4n) is 3.03. The average molecular weight is 491 g/mol. The predicted molar refractivity (Wildman–Crippen MR) is 109 cm³/mol. The quantitative estimate of drug-likeness (QED) is 0.379. The van der Waals surface area contributed by atoms with E-state index in [1.807, 2.05) is 6.92 Å². The first-order valence-corrected chi connectivity index (χ1v) is 10.4. The second-order valence-corrected chi connectivity index (χ2v) is 7.98. The number of hydrogen-bond donors (Lipinski definition) is 5. The van der Waals surface area contributed by atoms with Gasteiger partial charge in [0.05, 0.1) is 0 Å². The van der Waals surface area contributed by atoms with E-state index in [9.17, 15) is 37.8 Å². The average Bonchev–Trinajstić information content (AvgIpc) is 2.75. The zero-order valence-electron chi connectivity index (χ0n) is 17.0. The van der Waals surface area contributed by atoms with E-state index in [0.29, 0.717) is 23.3 Å². The zero-order chi connectivity index (χ0) is 25.1. The lowest BCUT2D eigenvalue weighted by Crippen LogP contribution is -2.71. The maximum atomic E-state index is 12.4. The summed E-state index contributed by atoms with van der Waals surface area (Å²) in [5, 5.41) is 28.0. The fourth-order valence-corrected chi connectivity index (χ4v) is 4.48. The van der Waals surface area contributed by atoms with Gasteiger partial charge in [-0.3, -0.25) is 14.5 Å². The van der Waals surface area contributed by atoms with Gasteiger partial charge >= 0.3 is 18.1 Å². The lowest BCUT2D eigenvalue weighted by atomic mass is 10.0. The van der Waals surface area contributed by atoms with Gasteiger partial charge in [0.15, 0.2) is 0 Å². The smallest absolute Gasteiger partial charge is 0.490 e. The van der Waals surface area contributed by atoms with Crippen molar-refractivity contribution in [3.63, 3.8) is 0 Å². The Morgan fingerprint density at radius 3 is 2.24 bits per heavy atom. The highest BCUT2D eigenvalue weighted by Crippen LogP contribution is 2.41. The number of thioether (sulfide) groups is 1. The molecule has 33 heavy (non-hydrogen) atoms. The predicted octanol–water partition coefficient (Wildman–Crippen LogP) is 1.17. The van der Waals surface area contributed by atoms with Gasteiger partial charge in [-0.05, 0) is 29.7 Å².